The fourth-order valence-corrected chi connectivity index (χ4v) is 2.72. The number of hydrogen-bond donors (Lipinski definition) is 2. The number of amides is 1. The number of carboxylic acid groups (broad SMARTS) is 1. The maximum atomic E-state index is 12.3. The van der Waals surface area contributed by atoms with Gasteiger partial charge in [-0.25, -0.2) is 4.79 Å². The summed E-state index contributed by atoms with van der Waals surface area (Å²) < 4.78 is 10.5. The number of nitrogens with one attached hydrogen (secondary N) is 1. The van der Waals surface area contributed by atoms with Gasteiger partial charge >= 0.3 is 5.97 Å². The molecule has 0 heterocycles. The maximum Gasteiger partial charge on any atom is 0.336 e. The first-order chi connectivity index (χ1) is 12.3. The van der Waals surface area contributed by atoms with E-state index in [9.17, 15) is 14.7 Å². The number of aromatic carboxylic acids is 1. The molecule has 0 unspecified atom stereocenters. The van der Waals surface area contributed by atoms with Gasteiger partial charge in [-0.2, -0.15) is 0 Å². The fraction of sp³-hybridized carbons (Fsp3) is 0.300. The van der Waals surface area contributed by atoms with E-state index in [1.165, 1.54) is 6.07 Å². The van der Waals surface area contributed by atoms with Crippen LogP contribution in [0.2, 0.25) is 0 Å². The van der Waals surface area contributed by atoms with Crippen molar-refractivity contribution < 1.29 is 24.2 Å². The monoisotopic (exact) mass is 357 g/mol. The molecule has 0 saturated carbocycles. The van der Waals surface area contributed by atoms with E-state index in [4.69, 9.17) is 9.47 Å². The van der Waals surface area contributed by atoms with Crippen LogP contribution in [0.1, 0.15) is 33.5 Å². The first-order valence-corrected chi connectivity index (χ1v) is 8.21. The molecule has 0 fully saturated rings. The van der Waals surface area contributed by atoms with E-state index in [2.05, 4.69) is 5.32 Å². The summed E-state index contributed by atoms with van der Waals surface area (Å²) in [5, 5.41) is 12.0. The van der Waals surface area contributed by atoms with E-state index < -0.39 is 5.97 Å². The summed E-state index contributed by atoms with van der Waals surface area (Å²) in [6, 6.07) is 8.78. The van der Waals surface area contributed by atoms with Crippen molar-refractivity contribution in [1.82, 2.24) is 0 Å². The van der Waals surface area contributed by atoms with E-state index in [0.717, 1.165) is 11.1 Å². The van der Waals surface area contributed by atoms with Crippen molar-refractivity contribution in [3.8, 4) is 11.5 Å². The van der Waals surface area contributed by atoms with Gasteiger partial charge in [-0.3, -0.25) is 4.79 Å². The van der Waals surface area contributed by atoms with E-state index in [-0.39, 0.29) is 17.9 Å². The van der Waals surface area contributed by atoms with Crippen LogP contribution in [0, 0.1) is 13.8 Å². The molecule has 2 rings (SSSR count). The van der Waals surface area contributed by atoms with Gasteiger partial charge in [0.2, 0.25) is 5.91 Å². The molecule has 2 aromatic rings. The zero-order valence-corrected chi connectivity index (χ0v) is 15.4. The number of methoxy groups -OCH3 is 2. The van der Waals surface area contributed by atoms with Crippen molar-refractivity contribution in [2.45, 2.75) is 26.7 Å². The van der Waals surface area contributed by atoms with Crippen LogP contribution >= 0.6 is 0 Å². The number of carboxylic acids is 1. The lowest BCUT2D eigenvalue weighted by atomic mass is 10.0. The Morgan fingerprint density at radius 1 is 1.00 bits per heavy atom. The van der Waals surface area contributed by atoms with Crippen molar-refractivity contribution in [2.24, 2.45) is 0 Å². The van der Waals surface area contributed by atoms with Gasteiger partial charge in [0.1, 0.15) is 0 Å². The van der Waals surface area contributed by atoms with Crippen molar-refractivity contribution in [3.63, 3.8) is 0 Å². The van der Waals surface area contributed by atoms with Crippen LogP contribution < -0.4 is 14.8 Å². The lowest BCUT2D eigenvalue weighted by Crippen LogP contribution is -2.14. The van der Waals surface area contributed by atoms with Crippen molar-refractivity contribution in [2.75, 3.05) is 19.5 Å². The summed E-state index contributed by atoms with van der Waals surface area (Å²) >= 11 is 0. The largest absolute Gasteiger partial charge is 0.493 e. The zero-order chi connectivity index (χ0) is 19.3. The number of anilines is 1. The van der Waals surface area contributed by atoms with Crippen molar-refractivity contribution >= 4 is 17.6 Å². The molecule has 1 amide bonds. The summed E-state index contributed by atoms with van der Waals surface area (Å²) in [6.45, 7) is 3.57. The molecule has 0 saturated heterocycles. The Labute approximate surface area is 152 Å². The first kappa shape index (κ1) is 19.3. The Bertz CT molecular complexity index is 829. The highest BCUT2D eigenvalue weighted by Gasteiger charge is 2.13. The van der Waals surface area contributed by atoms with Gasteiger partial charge in [0.25, 0.3) is 0 Å². The summed E-state index contributed by atoms with van der Waals surface area (Å²) in [5.74, 6) is 0.0643. The topological polar surface area (TPSA) is 84.9 Å². The smallest absolute Gasteiger partial charge is 0.336 e. The van der Waals surface area contributed by atoms with Crippen LogP contribution in [0.25, 0.3) is 0 Å². The highest BCUT2D eigenvalue weighted by atomic mass is 16.5. The Hall–Kier alpha value is -3.02. The van der Waals surface area contributed by atoms with Gasteiger partial charge in [0, 0.05) is 12.1 Å². The van der Waals surface area contributed by atoms with Crippen LogP contribution in [0.15, 0.2) is 30.3 Å². The fourth-order valence-electron chi connectivity index (χ4n) is 2.72. The number of ether oxygens (including phenoxy) is 2. The Kier molecular flexibility index (Phi) is 6.22. The van der Waals surface area contributed by atoms with Crippen molar-refractivity contribution in [1.29, 1.82) is 0 Å². The Balaban J connectivity index is 2.06. The molecule has 0 spiro atoms. The SMILES string of the molecule is COc1ccc(CCC(=O)Nc2cc(C(=O)O)c(C)cc2C)cc1OC. The number of aryl methyl sites for hydroxylation is 3. The van der Waals surface area contributed by atoms with Crippen LogP contribution in [0.5, 0.6) is 11.5 Å². The second-order valence-corrected chi connectivity index (χ2v) is 6.02. The van der Waals surface area contributed by atoms with Gasteiger partial charge < -0.3 is 19.9 Å². The van der Waals surface area contributed by atoms with E-state index >= 15 is 0 Å². The average molecular weight is 357 g/mol. The van der Waals surface area contributed by atoms with Gasteiger partial charge in [-0.1, -0.05) is 12.1 Å². The number of rotatable bonds is 7. The second-order valence-electron chi connectivity index (χ2n) is 6.02. The number of hydrogen-bond acceptors (Lipinski definition) is 4. The maximum absolute atomic E-state index is 12.3. The molecule has 138 valence electrons. The zero-order valence-electron chi connectivity index (χ0n) is 15.4. The Morgan fingerprint density at radius 2 is 1.69 bits per heavy atom. The minimum absolute atomic E-state index is 0.178. The number of carbonyl (C=O) groups is 2. The summed E-state index contributed by atoms with van der Waals surface area (Å²) in [6.07, 6.45) is 0.800. The van der Waals surface area contributed by atoms with E-state index in [0.29, 0.717) is 29.2 Å². The molecular formula is C20H23NO5. The quantitative estimate of drug-likeness (QED) is 0.791. The molecule has 0 radical (unpaired) electrons. The van der Waals surface area contributed by atoms with Crippen LogP contribution in [0.4, 0.5) is 5.69 Å². The lowest BCUT2D eigenvalue weighted by molar-refractivity contribution is -0.116. The van der Waals surface area contributed by atoms with Crippen LogP contribution in [-0.2, 0) is 11.2 Å². The highest BCUT2D eigenvalue weighted by Crippen LogP contribution is 2.28. The normalized spacial score (nSPS) is 10.3. The second kappa shape index (κ2) is 8.38. The number of benzene rings is 2. The molecule has 0 aromatic heterocycles. The molecule has 6 nitrogen and oxygen atoms in total. The lowest BCUT2D eigenvalue weighted by Gasteiger charge is -2.12. The average Bonchev–Trinajstić information content (AvgIpc) is 2.61. The predicted octanol–water partition coefficient (Wildman–Crippen LogP) is 3.59. The third-order valence-corrected chi connectivity index (χ3v) is 4.16. The van der Waals surface area contributed by atoms with Gasteiger partial charge in [0.15, 0.2) is 11.5 Å². The van der Waals surface area contributed by atoms with E-state index in [1.54, 1.807) is 33.3 Å². The molecule has 2 N–H and O–H groups in total. The van der Waals surface area contributed by atoms with E-state index in [1.807, 2.05) is 19.1 Å². The van der Waals surface area contributed by atoms with Crippen LogP contribution in [0.3, 0.4) is 0 Å². The Morgan fingerprint density at radius 3 is 2.31 bits per heavy atom. The molecule has 0 aliphatic rings. The molecule has 0 bridgehead atoms. The van der Waals surface area contributed by atoms with Gasteiger partial charge in [-0.15, -0.1) is 0 Å². The molecule has 0 atom stereocenters. The van der Waals surface area contributed by atoms with Gasteiger partial charge in [0.05, 0.1) is 19.8 Å². The summed E-state index contributed by atoms with van der Waals surface area (Å²) in [7, 11) is 3.13. The minimum Gasteiger partial charge on any atom is -0.493 e. The third-order valence-electron chi connectivity index (χ3n) is 4.16. The minimum atomic E-state index is -1.01. The standard InChI is InChI=1S/C20H23NO5/c1-12-9-13(2)16(11-15(12)20(23)24)21-19(22)8-6-14-5-7-17(25-3)18(10-14)26-4/h5,7,9-11H,6,8H2,1-4H3,(H,21,22)(H,23,24). The number of carbonyl (C=O) groups excluding carboxylic acids is 1. The van der Waals surface area contributed by atoms with Crippen molar-refractivity contribution in [3.05, 3.63) is 52.6 Å². The molecule has 26 heavy (non-hydrogen) atoms. The molecular weight excluding hydrogens is 334 g/mol. The highest BCUT2D eigenvalue weighted by molar-refractivity contribution is 5.95. The molecule has 0 aliphatic heterocycles. The first-order valence-electron chi connectivity index (χ1n) is 8.21. The third kappa shape index (κ3) is 4.53. The molecule has 2 aromatic carbocycles. The predicted molar refractivity (Wildman–Crippen MR) is 99.4 cm³/mol. The molecule has 6 heteroatoms. The molecule has 0 aliphatic carbocycles. The summed E-state index contributed by atoms with van der Waals surface area (Å²) in [5.41, 5.74) is 3.14. The summed E-state index contributed by atoms with van der Waals surface area (Å²) in [4.78, 5) is 23.5. The van der Waals surface area contributed by atoms with Crippen LogP contribution in [-0.4, -0.2) is 31.2 Å². The van der Waals surface area contributed by atoms with Gasteiger partial charge in [-0.05, 0) is 55.2 Å².